The molecule has 6 nitrogen and oxygen atoms in total. The first-order chi connectivity index (χ1) is 8.56. The maximum absolute atomic E-state index is 11.8. The van der Waals surface area contributed by atoms with Gasteiger partial charge in [-0.1, -0.05) is 6.92 Å². The minimum atomic E-state index is -1.18. The molecule has 0 saturated carbocycles. The average Bonchev–Trinajstić information content (AvgIpc) is 2.38. The van der Waals surface area contributed by atoms with Gasteiger partial charge in [0.15, 0.2) is 0 Å². The largest absolute Gasteiger partial charge is 0.480 e. The van der Waals surface area contributed by atoms with Gasteiger partial charge < -0.3 is 9.47 Å². The van der Waals surface area contributed by atoms with Gasteiger partial charge >= 0.3 is 5.97 Å². The number of rotatable bonds is 6. The summed E-state index contributed by atoms with van der Waals surface area (Å²) in [5.41, 5.74) is 0.603. The van der Waals surface area contributed by atoms with Crippen LogP contribution in [0.5, 0.6) is 5.88 Å². The number of methoxy groups -OCH3 is 2. The molecule has 0 N–H and O–H groups in total. The first-order valence-corrected chi connectivity index (χ1v) is 6.85. The van der Waals surface area contributed by atoms with Crippen LogP contribution < -0.4 is 4.74 Å². The number of carbonyl (C=O) groups is 1. The SMILES string of the molecule is COC(=O)C(C)CS(=O)Cc1ccc(OC)nn1. The number of aromatic nitrogens is 2. The van der Waals surface area contributed by atoms with Crippen LogP contribution in [0.2, 0.25) is 0 Å². The van der Waals surface area contributed by atoms with Crippen LogP contribution >= 0.6 is 0 Å². The summed E-state index contributed by atoms with van der Waals surface area (Å²) in [4.78, 5) is 11.2. The van der Waals surface area contributed by atoms with Crippen LogP contribution in [-0.4, -0.2) is 40.3 Å². The molecule has 0 spiro atoms. The minimum Gasteiger partial charge on any atom is -0.480 e. The lowest BCUT2D eigenvalue weighted by molar-refractivity contribution is -0.144. The van der Waals surface area contributed by atoms with E-state index in [4.69, 9.17) is 4.74 Å². The van der Waals surface area contributed by atoms with Crippen molar-refractivity contribution in [2.45, 2.75) is 12.7 Å². The third-order valence-corrected chi connectivity index (χ3v) is 3.74. The molecular weight excluding hydrogens is 256 g/mol. The summed E-state index contributed by atoms with van der Waals surface area (Å²) in [6.45, 7) is 1.68. The molecular formula is C11H16N2O4S. The van der Waals surface area contributed by atoms with Gasteiger partial charge in [-0.15, -0.1) is 5.10 Å². The maximum Gasteiger partial charge on any atom is 0.309 e. The van der Waals surface area contributed by atoms with Crippen LogP contribution in [0.15, 0.2) is 12.1 Å². The summed E-state index contributed by atoms with van der Waals surface area (Å²) in [5, 5.41) is 7.66. The van der Waals surface area contributed by atoms with Crippen molar-refractivity contribution in [3.63, 3.8) is 0 Å². The van der Waals surface area contributed by atoms with Gasteiger partial charge in [-0.25, -0.2) is 0 Å². The zero-order chi connectivity index (χ0) is 13.5. The van der Waals surface area contributed by atoms with E-state index in [1.165, 1.54) is 14.2 Å². The van der Waals surface area contributed by atoms with E-state index < -0.39 is 10.8 Å². The topological polar surface area (TPSA) is 78.4 Å². The number of hydrogen-bond donors (Lipinski definition) is 0. The number of ether oxygens (including phenoxy) is 2. The molecule has 100 valence electrons. The van der Waals surface area contributed by atoms with Gasteiger partial charge in [0, 0.05) is 22.6 Å². The standard InChI is InChI=1S/C11H16N2O4S/c1-8(11(14)17-3)6-18(15)7-9-4-5-10(16-2)13-12-9/h4-5,8H,6-7H2,1-3H3. The van der Waals surface area contributed by atoms with Crippen molar-refractivity contribution in [1.82, 2.24) is 10.2 Å². The fourth-order valence-electron chi connectivity index (χ4n) is 1.31. The Labute approximate surface area is 108 Å². The van der Waals surface area contributed by atoms with Gasteiger partial charge in [0.25, 0.3) is 0 Å². The molecule has 0 bridgehead atoms. The summed E-state index contributed by atoms with van der Waals surface area (Å²) < 4.78 is 21.3. The van der Waals surface area contributed by atoms with E-state index in [2.05, 4.69) is 14.9 Å². The van der Waals surface area contributed by atoms with Crippen molar-refractivity contribution in [3.8, 4) is 5.88 Å². The Morgan fingerprint density at radius 2 is 2.11 bits per heavy atom. The first-order valence-electron chi connectivity index (χ1n) is 5.36. The van der Waals surface area contributed by atoms with Crippen molar-refractivity contribution in [2.75, 3.05) is 20.0 Å². The van der Waals surface area contributed by atoms with Gasteiger partial charge in [-0.05, 0) is 6.07 Å². The van der Waals surface area contributed by atoms with Crippen LogP contribution in [-0.2, 0) is 26.1 Å². The lowest BCUT2D eigenvalue weighted by Gasteiger charge is -2.08. The quantitative estimate of drug-likeness (QED) is 0.703. The Morgan fingerprint density at radius 1 is 1.39 bits per heavy atom. The molecule has 0 aliphatic rings. The molecule has 0 aliphatic carbocycles. The zero-order valence-electron chi connectivity index (χ0n) is 10.6. The first kappa shape index (κ1) is 14.6. The van der Waals surface area contributed by atoms with Gasteiger partial charge in [-0.2, -0.15) is 5.10 Å². The second kappa shape index (κ2) is 7.05. The Hall–Kier alpha value is -1.50. The number of esters is 1. The Kier molecular flexibility index (Phi) is 5.70. The van der Waals surface area contributed by atoms with Crippen LogP contribution in [0.4, 0.5) is 0 Å². The molecule has 7 heteroatoms. The number of carbonyl (C=O) groups excluding carboxylic acids is 1. The summed E-state index contributed by atoms with van der Waals surface area (Å²) in [7, 11) is 1.64. The van der Waals surface area contributed by atoms with Crippen molar-refractivity contribution < 1.29 is 18.5 Å². The lowest BCUT2D eigenvalue weighted by Crippen LogP contribution is -2.20. The van der Waals surface area contributed by atoms with Crippen molar-refractivity contribution in [2.24, 2.45) is 5.92 Å². The van der Waals surface area contributed by atoms with Crippen molar-refractivity contribution in [3.05, 3.63) is 17.8 Å². The predicted octanol–water partition coefficient (Wildman–Crippen LogP) is 0.543. The second-order valence-electron chi connectivity index (χ2n) is 3.74. The van der Waals surface area contributed by atoms with E-state index in [0.29, 0.717) is 11.6 Å². The summed E-state index contributed by atoms with van der Waals surface area (Å²) in [5.74, 6) is 0.178. The van der Waals surface area contributed by atoms with E-state index >= 15 is 0 Å². The Bertz CT molecular complexity index is 422. The summed E-state index contributed by atoms with van der Waals surface area (Å²) in [6, 6.07) is 3.36. The normalized spacial score (nSPS) is 13.7. The zero-order valence-corrected chi connectivity index (χ0v) is 11.4. The van der Waals surface area contributed by atoms with Crippen LogP contribution in [0.25, 0.3) is 0 Å². The fourth-order valence-corrected chi connectivity index (χ4v) is 2.60. The Morgan fingerprint density at radius 3 is 2.61 bits per heavy atom. The molecule has 0 radical (unpaired) electrons. The lowest BCUT2D eigenvalue weighted by atomic mass is 10.2. The molecule has 1 heterocycles. The molecule has 2 atom stereocenters. The molecule has 1 aromatic rings. The molecule has 0 fully saturated rings. The van der Waals surface area contributed by atoms with Gasteiger partial charge in [0.2, 0.25) is 5.88 Å². The molecule has 1 aromatic heterocycles. The van der Waals surface area contributed by atoms with Crippen LogP contribution in [0.3, 0.4) is 0 Å². The highest BCUT2D eigenvalue weighted by atomic mass is 32.2. The Balaban J connectivity index is 2.51. The third-order valence-electron chi connectivity index (χ3n) is 2.25. The van der Waals surface area contributed by atoms with Crippen molar-refractivity contribution in [1.29, 1.82) is 0 Å². The van der Waals surface area contributed by atoms with E-state index in [1.807, 2.05) is 0 Å². The summed E-state index contributed by atoms with van der Waals surface area (Å²) in [6.07, 6.45) is 0. The van der Waals surface area contributed by atoms with Gasteiger partial charge in [0.05, 0.1) is 31.6 Å². The number of hydrogen-bond acceptors (Lipinski definition) is 6. The smallest absolute Gasteiger partial charge is 0.309 e. The van der Waals surface area contributed by atoms with Gasteiger partial charge in [-0.3, -0.25) is 9.00 Å². The second-order valence-corrected chi connectivity index (χ2v) is 5.24. The highest BCUT2D eigenvalue weighted by molar-refractivity contribution is 7.84. The minimum absolute atomic E-state index is 0.250. The van der Waals surface area contributed by atoms with E-state index in [0.717, 1.165) is 0 Å². The molecule has 0 saturated heterocycles. The maximum atomic E-state index is 11.8. The monoisotopic (exact) mass is 272 g/mol. The van der Waals surface area contributed by atoms with Crippen LogP contribution in [0.1, 0.15) is 12.6 Å². The highest BCUT2D eigenvalue weighted by Crippen LogP contribution is 2.08. The fraction of sp³-hybridized carbons (Fsp3) is 0.545. The number of nitrogens with zero attached hydrogens (tertiary/aromatic N) is 2. The molecule has 0 aromatic carbocycles. The molecule has 2 unspecified atom stereocenters. The van der Waals surface area contributed by atoms with E-state index in [-0.39, 0.29) is 23.4 Å². The highest BCUT2D eigenvalue weighted by Gasteiger charge is 2.17. The van der Waals surface area contributed by atoms with E-state index in [1.54, 1.807) is 19.1 Å². The molecule has 18 heavy (non-hydrogen) atoms. The third kappa shape index (κ3) is 4.40. The van der Waals surface area contributed by atoms with Crippen LogP contribution in [0, 0.1) is 5.92 Å². The molecule has 0 aliphatic heterocycles. The van der Waals surface area contributed by atoms with E-state index in [9.17, 15) is 9.00 Å². The van der Waals surface area contributed by atoms with Gasteiger partial charge in [0.1, 0.15) is 0 Å². The van der Waals surface area contributed by atoms with Crippen molar-refractivity contribution >= 4 is 16.8 Å². The summed E-state index contributed by atoms with van der Waals surface area (Å²) >= 11 is 0. The average molecular weight is 272 g/mol. The molecule has 0 amide bonds. The predicted molar refractivity (Wildman–Crippen MR) is 66.5 cm³/mol. The molecule has 1 rings (SSSR count).